The van der Waals surface area contributed by atoms with Crippen molar-refractivity contribution in [3.63, 3.8) is 0 Å². The third-order valence-electron chi connectivity index (χ3n) is 7.16. The quantitative estimate of drug-likeness (QED) is 0.369. The number of rotatable bonds is 9. The highest BCUT2D eigenvalue weighted by molar-refractivity contribution is 5.83. The third-order valence-corrected chi connectivity index (χ3v) is 7.16. The van der Waals surface area contributed by atoms with Gasteiger partial charge in [-0.2, -0.15) is 26.3 Å². The highest BCUT2D eigenvalue weighted by Crippen LogP contribution is 2.37. The van der Waals surface area contributed by atoms with Gasteiger partial charge in [-0.25, -0.2) is 0 Å². The summed E-state index contributed by atoms with van der Waals surface area (Å²) >= 11 is 0. The molecule has 1 unspecified atom stereocenters. The highest BCUT2D eigenvalue weighted by Gasteiger charge is 2.37. The van der Waals surface area contributed by atoms with E-state index in [1.807, 2.05) is 4.90 Å². The van der Waals surface area contributed by atoms with Gasteiger partial charge in [0.2, 0.25) is 5.91 Å². The maximum atomic E-state index is 13.8. The molecular weight excluding hydrogens is 540 g/mol. The van der Waals surface area contributed by atoms with Crippen LogP contribution in [0, 0.1) is 0 Å². The van der Waals surface area contributed by atoms with E-state index in [1.54, 1.807) is 18.2 Å². The predicted octanol–water partition coefficient (Wildman–Crippen LogP) is 5.51. The monoisotopic (exact) mass is 575 g/mol. The number of ether oxygens (including phenoxy) is 2. The van der Waals surface area contributed by atoms with Gasteiger partial charge in [-0.1, -0.05) is 6.07 Å². The van der Waals surface area contributed by atoms with Gasteiger partial charge in [0.15, 0.2) is 11.5 Å². The van der Waals surface area contributed by atoms with Gasteiger partial charge in [0.05, 0.1) is 25.3 Å². The van der Waals surface area contributed by atoms with Gasteiger partial charge in [-0.05, 0) is 61.7 Å². The van der Waals surface area contributed by atoms with Crippen LogP contribution in [0.4, 0.5) is 26.3 Å². The van der Waals surface area contributed by atoms with Crippen LogP contribution in [0.15, 0.2) is 36.4 Å². The maximum absolute atomic E-state index is 13.8. The molecule has 0 aliphatic carbocycles. The van der Waals surface area contributed by atoms with E-state index >= 15 is 0 Å². The standard InChI is InChI=1S/C28H35F6N3O3/c1-18(2)36-10-12-37(13-11-36)25(20-6-7-23(39-4)24(16-20)40-5)26(38)35(3)9-8-19-14-21(27(29,30)31)17-22(15-19)28(32,33)34/h6-7,14-18,25H,8-13H2,1-5H3. The highest BCUT2D eigenvalue weighted by atomic mass is 19.4. The summed E-state index contributed by atoms with van der Waals surface area (Å²) in [6, 6.07) is 6.28. The average Bonchev–Trinajstić information content (AvgIpc) is 2.90. The number of nitrogens with zero attached hydrogens (tertiary/aromatic N) is 3. The lowest BCUT2D eigenvalue weighted by Gasteiger charge is -2.41. The van der Waals surface area contributed by atoms with Crippen molar-refractivity contribution in [2.75, 3.05) is 54.0 Å². The first-order valence-corrected chi connectivity index (χ1v) is 12.9. The van der Waals surface area contributed by atoms with E-state index < -0.39 is 29.5 Å². The molecule has 0 saturated carbocycles. The fourth-order valence-electron chi connectivity index (χ4n) is 4.82. The van der Waals surface area contributed by atoms with E-state index in [9.17, 15) is 31.1 Å². The average molecular weight is 576 g/mol. The molecule has 0 aromatic heterocycles. The van der Waals surface area contributed by atoms with Crippen molar-refractivity contribution in [1.29, 1.82) is 0 Å². The van der Waals surface area contributed by atoms with Crippen LogP contribution >= 0.6 is 0 Å². The molecular formula is C28H35F6N3O3. The largest absolute Gasteiger partial charge is 0.493 e. The molecule has 1 amide bonds. The van der Waals surface area contributed by atoms with E-state index in [2.05, 4.69) is 18.7 Å². The number of benzene rings is 2. The van der Waals surface area contributed by atoms with E-state index in [-0.39, 0.29) is 30.5 Å². The van der Waals surface area contributed by atoms with Crippen molar-refractivity contribution >= 4 is 5.91 Å². The van der Waals surface area contributed by atoms with Gasteiger partial charge in [-0.15, -0.1) is 0 Å². The van der Waals surface area contributed by atoms with Crippen LogP contribution in [-0.4, -0.2) is 80.6 Å². The molecule has 1 aliphatic heterocycles. The van der Waals surface area contributed by atoms with E-state index in [1.165, 1.54) is 26.2 Å². The third kappa shape index (κ3) is 7.60. The number of carbonyl (C=O) groups excluding carboxylic acids is 1. The Balaban J connectivity index is 1.88. The van der Waals surface area contributed by atoms with E-state index in [4.69, 9.17) is 9.47 Å². The molecule has 0 N–H and O–H groups in total. The molecule has 2 aromatic carbocycles. The molecule has 12 heteroatoms. The number of amides is 1. The molecule has 3 rings (SSSR count). The number of hydrogen-bond donors (Lipinski definition) is 0. The lowest BCUT2D eigenvalue weighted by Crippen LogP contribution is -2.52. The number of likely N-dealkylation sites (N-methyl/N-ethyl adjacent to an activating group) is 1. The molecule has 0 spiro atoms. The predicted molar refractivity (Wildman–Crippen MR) is 138 cm³/mol. The number of methoxy groups -OCH3 is 2. The Kier molecular flexibility index (Phi) is 9.99. The van der Waals surface area contributed by atoms with E-state index in [0.29, 0.717) is 48.3 Å². The summed E-state index contributed by atoms with van der Waals surface area (Å²) in [5.74, 6) is 0.596. The molecule has 222 valence electrons. The lowest BCUT2D eigenvalue weighted by molar-refractivity contribution is -0.143. The summed E-state index contributed by atoms with van der Waals surface area (Å²) in [4.78, 5) is 19.5. The second-order valence-electron chi connectivity index (χ2n) is 10.1. The van der Waals surface area contributed by atoms with Crippen molar-refractivity contribution < 1.29 is 40.6 Å². The Morgan fingerprint density at radius 2 is 1.38 bits per heavy atom. The Hall–Kier alpha value is -2.99. The zero-order valence-electron chi connectivity index (χ0n) is 23.2. The molecule has 2 aromatic rings. The number of alkyl halides is 6. The molecule has 1 aliphatic rings. The SMILES string of the molecule is COc1ccc(C(C(=O)N(C)CCc2cc(C(F)(F)F)cc(C(F)(F)F)c2)N2CCN(C(C)C)CC2)cc1OC. The molecule has 0 radical (unpaired) electrons. The van der Waals surface area contributed by atoms with Crippen LogP contribution in [0.1, 0.15) is 42.1 Å². The van der Waals surface area contributed by atoms with Gasteiger partial charge < -0.3 is 14.4 Å². The number of hydrogen-bond acceptors (Lipinski definition) is 5. The van der Waals surface area contributed by atoms with E-state index in [0.717, 1.165) is 13.1 Å². The Bertz CT molecular complexity index is 1130. The molecule has 1 atom stereocenters. The second kappa shape index (κ2) is 12.7. The zero-order chi connectivity index (χ0) is 29.8. The molecule has 1 fully saturated rings. The summed E-state index contributed by atoms with van der Waals surface area (Å²) in [6.07, 6.45) is -10.1. The molecule has 0 bridgehead atoms. The molecule has 1 heterocycles. The Morgan fingerprint density at radius 1 is 0.850 bits per heavy atom. The summed E-state index contributed by atoms with van der Waals surface area (Å²) in [7, 11) is 4.48. The van der Waals surface area contributed by atoms with Gasteiger partial charge in [0.25, 0.3) is 0 Å². The minimum atomic E-state index is -4.94. The van der Waals surface area contributed by atoms with Crippen LogP contribution < -0.4 is 9.47 Å². The first-order chi connectivity index (χ1) is 18.6. The summed E-state index contributed by atoms with van der Waals surface area (Å²) in [6.45, 7) is 6.79. The summed E-state index contributed by atoms with van der Waals surface area (Å²) < 4.78 is 90.5. The van der Waals surface area contributed by atoms with Gasteiger partial charge in [0, 0.05) is 45.8 Å². The molecule has 40 heavy (non-hydrogen) atoms. The number of carbonyl (C=O) groups is 1. The lowest BCUT2D eigenvalue weighted by atomic mass is 10.0. The minimum absolute atomic E-state index is 0.0762. The Morgan fingerprint density at radius 3 is 1.85 bits per heavy atom. The number of piperazine rings is 1. The zero-order valence-corrected chi connectivity index (χ0v) is 23.2. The first-order valence-electron chi connectivity index (χ1n) is 12.9. The second-order valence-corrected chi connectivity index (χ2v) is 10.1. The van der Waals surface area contributed by atoms with Crippen molar-refractivity contribution in [1.82, 2.24) is 14.7 Å². The van der Waals surface area contributed by atoms with Crippen molar-refractivity contribution in [3.8, 4) is 11.5 Å². The van der Waals surface area contributed by atoms with Gasteiger partial charge >= 0.3 is 12.4 Å². The van der Waals surface area contributed by atoms with Crippen LogP contribution in [0.3, 0.4) is 0 Å². The fraction of sp³-hybridized carbons (Fsp3) is 0.536. The summed E-state index contributed by atoms with van der Waals surface area (Å²) in [5.41, 5.74) is -2.27. The van der Waals surface area contributed by atoms with Crippen LogP contribution in [0.5, 0.6) is 11.5 Å². The number of halogens is 6. The molecule has 1 saturated heterocycles. The van der Waals surface area contributed by atoms with Crippen LogP contribution in [0.2, 0.25) is 0 Å². The van der Waals surface area contributed by atoms with Crippen LogP contribution in [0.25, 0.3) is 0 Å². The normalized spacial score (nSPS) is 16.2. The van der Waals surface area contributed by atoms with Gasteiger partial charge in [-0.3, -0.25) is 14.6 Å². The van der Waals surface area contributed by atoms with Crippen molar-refractivity contribution in [3.05, 3.63) is 58.7 Å². The first kappa shape index (κ1) is 31.5. The smallest absolute Gasteiger partial charge is 0.416 e. The Labute approximate surface area is 230 Å². The fourth-order valence-corrected chi connectivity index (χ4v) is 4.82. The van der Waals surface area contributed by atoms with Crippen LogP contribution in [-0.2, 0) is 23.6 Å². The van der Waals surface area contributed by atoms with Crippen molar-refractivity contribution in [2.24, 2.45) is 0 Å². The van der Waals surface area contributed by atoms with Crippen molar-refractivity contribution in [2.45, 2.75) is 44.7 Å². The molecule has 6 nitrogen and oxygen atoms in total. The topological polar surface area (TPSA) is 45.2 Å². The maximum Gasteiger partial charge on any atom is 0.416 e. The minimum Gasteiger partial charge on any atom is -0.493 e. The van der Waals surface area contributed by atoms with Gasteiger partial charge in [0.1, 0.15) is 6.04 Å². The summed E-state index contributed by atoms with van der Waals surface area (Å²) in [5, 5.41) is 0.